The minimum Gasteiger partial charge on any atom is -0.493 e. The van der Waals surface area contributed by atoms with E-state index in [1.165, 1.54) is 0 Å². The predicted octanol–water partition coefficient (Wildman–Crippen LogP) is 1.73. The third kappa shape index (κ3) is 2.63. The molecule has 106 valence electrons. The van der Waals surface area contributed by atoms with Crippen LogP contribution in [-0.2, 0) is 4.79 Å². The van der Waals surface area contributed by atoms with E-state index in [1.54, 1.807) is 0 Å². The zero-order chi connectivity index (χ0) is 14.1. The zero-order valence-corrected chi connectivity index (χ0v) is 12.0. The number of hydrogen-bond acceptors (Lipinski definition) is 3. The number of ether oxygens (including phenoxy) is 1. The molecule has 0 saturated heterocycles. The summed E-state index contributed by atoms with van der Waals surface area (Å²) in [6.07, 6.45) is 2.87. The second-order valence-electron chi connectivity index (χ2n) is 5.45. The van der Waals surface area contributed by atoms with Crippen molar-refractivity contribution in [1.29, 1.82) is 0 Å². The first kappa shape index (κ1) is 13.4. The molecule has 0 bridgehead atoms. The van der Waals surface area contributed by atoms with Gasteiger partial charge in [-0.2, -0.15) is 0 Å². The van der Waals surface area contributed by atoms with E-state index in [-0.39, 0.29) is 17.9 Å². The molecule has 5 heteroatoms. The van der Waals surface area contributed by atoms with Crippen molar-refractivity contribution in [2.24, 2.45) is 11.7 Å². The molecule has 2 atom stereocenters. The summed E-state index contributed by atoms with van der Waals surface area (Å²) < 4.78 is 5.59. The van der Waals surface area contributed by atoms with Crippen molar-refractivity contribution in [3.63, 3.8) is 0 Å². The highest BCUT2D eigenvalue weighted by Gasteiger charge is 2.36. The van der Waals surface area contributed by atoms with E-state index < -0.39 is 0 Å². The van der Waals surface area contributed by atoms with E-state index >= 15 is 0 Å². The summed E-state index contributed by atoms with van der Waals surface area (Å²) >= 11 is 5.07. The molecule has 20 heavy (non-hydrogen) atoms. The standard InChI is InChI=1S/C15H18N2O2S/c16-14(20)13(9-5-6-9)17-15(18)11-7-8-19-12-4-2-1-3-10(11)12/h1-4,9,11,13H,5-8H2,(H2,16,20)(H,17,18). The van der Waals surface area contributed by atoms with Gasteiger partial charge in [-0.3, -0.25) is 4.79 Å². The molecule has 1 aromatic carbocycles. The first-order valence-corrected chi connectivity index (χ1v) is 7.39. The van der Waals surface area contributed by atoms with Crippen LogP contribution < -0.4 is 15.8 Å². The van der Waals surface area contributed by atoms with Crippen molar-refractivity contribution in [3.05, 3.63) is 29.8 Å². The van der Waals surface area contributed by atoms with E-state index in [9.17, 15) is 4.79 Å². The number of nitrogens with two attached hydrogens (primary N) is 1. The lowest BCUT2D eigenvalue weighted by Gasteiger charge is -2.27. The Morgan fingerprint density at radius 2 is 2.10 bits per heavy atom. The van der Waals surface area contributed by atoms with Crippen molar-refractivity contribution in [2.75, 3.05) is 6.61 Å². The van der Waals surface area contributed by atoms with E-state index in [2.05, 4.69) is 5.32 Å². The lowest BCUT2D eigenvalue weighted by atomic mass is 9.92. The van der Waals surface area contributed by atoms with Gasteiger partial charge in [-0.15, -0.1) is 0 Å². The van der Waals surface area contributed by atoms with Crippen LogP contribution in [-0.4, -0.2) is 23.5 Å². The molecular formula is C15H18N2O2S. The number of thiocarbonyl (C=S) groups is 1. The third-order valence-corrected chi connectivity index (χ3v) is 4.23. The maximum atomic E-state index is 12.5. The van der Waals surface area contributed by atoms with Crippen molar-refractivity contribution in [3.8, 4) is 5.75 Å². The Bertz CT molecular complexity index is 542. The Labute approximate surface area is 123 Å². The smallest absolute Gasteiger partial charge is 0.228 e. The van der Waals surface area contributed by atoms with Gasteiger partial charge in [0.15, 0.2) is 0 Å². The lowest BCUT2D eigenvalue weighted by Crippen LogP contribution is -2.47. The molecule has 1 fully saturated rings. The number of fused-ring (bicyclic) bond motifs is 1. The van der Waals surface area contributed by atoms with E-state index in [0.717, 1.165) is 24.2 Å². The average Bonchev–Trinajstić information content (AvgIpc) is 3.28. The van der Waals surface area contributed by atoms with Crippen LogP contribution in [0.25, 0.3) is 0 Å². The number of nitrogens with one attached hydrogen (secondary N) is 1. The summed E-state index contributed by atoms with van der Waals surface area (Å²) in [5.41, 5.74) is 6.69. The summed E-state index contributed by atoms with van der Waals surface area (Å²) in [4.78, 5) is 12.9. The molecule has 0 radical (unpaired) electrons. The number of hydrogen-bond donors (Lipinski definition) is 2. The summed E-state index contributed by atoms with van der Waals surface area (Å²) in [5.74, 6) is 1.06. The summed E-state index contributed by atoms with van der Waals surface area (Å²) in [7, 11) is 0. The predicted molar refractivity (Wildman–Crippen MR) is 80.7 cm³/mol. The van der Waals surface area contributed by atoms with Gasteiger partial charge in [0.1, 0.15) is 5.75 Å². The Balaban J connectivity index is 1.76. The van der Waals surface area contributed by atoms with Crippen molar-refractivity contribution in [2.45, 2.75) is 31.2 Å². The number of rotatable bonds is 4. The van der Waals surface area contributed by atoms with Gasteiger partial charge in [-0.1, -0.05) is 30.4 Å². The SMILES string of the molecule is NC(=S)C(NC(=O)C1CCOc2ccccc21)C1CC1. The zero-order valence-electron chi connectivity index (χ0n) is 11.2. The second kappa shape index (κ2) is 5.40. The van der Waals surface area contributed by atoms with E-state index in [4.69, 9.17) is 22.7 Å². The lowest BCUT2D eigenvalue weighted by molar-refractivity contribution is -0.123. The van der Waals surface area contributed by atoms with Crippen LogP contribution in [0, 0.1) is 5.92 Å². The number of benzene rings is 1. The Morgan fingerprint density at radius 3 is 2.80 bits per heavy atom. The van der Waals surface area contributed by atoms with Gasteiger partial charge in [-0.25, -0.2) is 0 Å². The summed E-state index contributed by atoms with van der Waals surface area (Å²) in [6.45, 7) is 0.566. The number of carbonyl (C=O) groups excluding carboxylic acids is 1. The van der Waals surface area contributed by atoms with Crippen LogP contribution in [0.1, 0.15) is 30.7 Å². The fourth-order valence-electron chi connectivity index (χ4n) is 2.72. The molecule has 2 unspecified atom stereocenters. The van der Waals surface area contributed by atoms with Gasteiger partial charge in [0.05, 0.1) is 23.6 Å². The van der Waals surface area contributed by atoms with E-state index in [0.29, 0.717) is 23.9 Å². The van der Waals surface area contributed by atoms with Crippen molar-refractivity contribution < 1.29 is 9.53 Å². The van der Waals surface area contributed by atoms with Crippen LogP contribution in [0.15, 0.2) is 24.3 Å². The minimum absolute atomic E-state index is 0.00505. The summed E-state index contributed by atoms with van der Waals surface area (Å²) in [5, 5.41) is 3.03. The van der Waals surface area contributed by atoms with Gasteiger partial charge in [0, 0.05) is 5.56 Å². The number of para-hydroxylation sites is 1. The molecule has 3 rings (SSSR count). The van der Waals surface area contributed by atoms with Crippen molar-refractivity contribution in [1.82, 2.24) is 5.32 Å². The normalized spacial score (nSPS) is 22.3. The van der Waals surface area contributed by atoms with E-state index in [1.807, 2.05) is 24.3 Å². The highest BCUT2D eigenvalue weighted by atomic mass is 32.1. The average molecular weight is 290 g/mol. The van der Waals surface area contributed by atoms with Gasteiger partial charge in [0.2, 0.25) is 5.91 Å². The molecular weight excluding hydrogens is 272 g/mol. The largest absolute Gasteiger partial charge is 0.493 e. The van der Waals surface area contributed by atoms with Crippen molar-refractivity contribution >= 4 is 23.1 Å². The fourth-order valence-corrected chi connectivity index (χ4v) is 2.97. The quantitative estimate of drug-likeness (QED) is 0.829. The number of amides is 1. The highest BCUT2D eigenvalue weighted by Crippen LogP contribution is 2.36. The highest BCUT2D eigenvalue weighted by molar-refractivity contribution is 7.80. The Hall–Kier alpha value is -1.62. The van der Waals surface area contributed by atoms with Gasteiger partial charge in [-0.05, 0) is 31.2 Å². The van der Waals surface area contributed by atoms with Gasteiger partial charge in [0.25, 0.3) is 0 Å². The van der Waals surface area contributed by atoms with Crippen LogP contribution in [0.4, 0.5) is 0 Å². The monoisotopic (exact) mass is 290 g/mol. The molecule has 1 heterocycles. The first-order valence-electron chi connectivity index (χ1n) is 6.98. The summed E-state index contributed by atoms with van der Waals surface area (Å²) in [6, 6.07) is 7.54. The molecule has 4 nitrogen and oxygen atoms in total. The Kier molecular flexibility index (Phi) is 3.61. The Morgan fingerprint density at radius 1 is 1.35 bits per heavy atom. The maximum absolute atomic E-state index is 12.5. The molecule has 1 saturated carbocycles. The number of carbonyl (C=O) groups is 1. The molecule has 2 aliphatic rings. The molecule has 1 amide bonds. The van der Waals surface area contributed by atoms with Crippen LogP contribution >= 0.6 is 12.2 Å². The molecule has 1 aliphatic heterocycles. The minimum atomic E-state index is -0.171. The van der Waals surface area contributed by atoms with Crippen LogP contribution in [0.3, 0.4) is 0 Å². The fraction of sp³-hybridized carbons (Fsp3) is 0.467. The molecule has 0 spiro atoms. The van der Waals surface area contributed by atoms with Gasteiger partial charge >= 0.3 is 0 Å². The van der Waals surface area contributed by atoms with Gasteiger partial charge < -0.3 is 15.8 Å². The molecule has 3 N–H and O–H groups in total. The first-order chi connectivity index (χ1) is 9.66. The topological polar surface area (TPSA) is 64.3 Å². The second-order valence-corrected chi connectivity index (χ2v) is 5.93. The third-order valence-electron chi connectivity index (χ3n) is 3.97. The maximum Gasteiger partial charge on any atom is 0.228 e. The molecule has 0 aromatic heterocycles. The molecule has 1 aromatic rings. The molecule has 1 aliphatic carbocycles. The van der Waals surface area contributed by atoms with Crippen LogP contribution in [0.5, 0.6) is 5.75 Å². The van der Waals surface area contributed by atoms with Crippen LogP contribution in [0.2, 0.25) is 0 Å².